The summed E-state index contributed by atoms with van der Waals surface area (Å²) in [6.07, 6.45) is 1.55. The molecule has 0 radical (unpaired) electrons. The maximum absolute atomic E-state index is 5.70. The van der Waals surface area contributed by atoms with Crippen molar-refractivity contribution in [1.82, 2.24) is 9.97 Å². The fourth-order valence-corrected chi connectivity index (χ4v) is 1.78. The number of methoxy groups -OCH3 is 1. The Morgan fingerprint density at radius 1 is 1.39 bits per heavy atom. The number of rotatable bonds is 4. The number of hydrogen-bond donors (Lipinski definition) is 0. The minimum atomic E-state index is 0.152. The largest absolute Gasteiger partial charge is 0.497 e. The Kier molecular flexibility index (Phi) is 4.38. The summed E-state index contributed by atoms with van der Waals surface area (Å²) in [6.45, 7) is 0.378. The molecule has 0 N–H and O–H groups in total. The first kappa shape index (κ1) is 13.1. The summed E-state index contributed by atoms with van der Waals surface area (Å²) in [5, 5.41) is 0.152. The van der Waals surface area contributed by atoms with Gasteiger partial charge in [0.1, 0.15) is 12.4 Å². The molecule has 94 valence electrons. The topological polar surface area (TPSA) is 44.2 Å². The summed E-state index contributed by atoms with van der Waals surface area (Å²) >= 11 is 9.00. The molecule has 0 unspecified atom stereocenters. The van der Waals surface area contributed by atoms with Crippen LogP contribution in [0.4, 0.5) is 0 Å². The molecule has 0 bridgehead atoms. The summed E-state index contributed by atoms with van der Waals surface area (Å²) in [5.74, 6) is 1.20. The predicted octanol–water partition coefficient (Wildman–Crippen LogP) is 3.48. The van der Waals surface area contributed by atoms with Crippen molar-refractivity contribution in [2.45, 2.75) is 6.61 Å². The van der Waals surface area contributed by atoms with E-state index < -0.39 is 0 Å². The Labute approximate surface area is 118 Å². The highest BCUT2D eigenvalue weighted by atomic mass is 79.9. The molecule has 0 amide bonds. The standard InChI is InChI=1S/C12H10BrClN2O2/c1-17-9-4-2-3-8(5-9)7-18-11-10(13)6-15-12(14)16-11/h2-6H,7H2,1H3. The van der Waals surface area contributed by atoms with Gasteiger partial charge in [-0.2, -0.15) is 4.98 Å². The minimum Gasteiger partial charge on any atom is -0.497 e. The molecule has 1 heterocycles. The first-order chi connectivity index (χ1) is 8.69. The zero-order valence-corrected chi connectivity index (χ0v) is 11.9. The normalized spacial score (nSPS) is 10.2. The minimum absolute atomic E-state index is 0.152. The van der Waals surface area contributed by atoms with Gasteiger partial charge >= 0.3 is 0 Å². The SMILES string of the molecule is COc1cccc(COc2nc(Cl)ncc2Br)c1. The molecule has 18 heavy (non-hydrogen) atoms. The van der Waals surface area contributed by atoms with Crippen molar-refractivity contribution in [2.24, 2.45) is 0 Å². The van der Waals surface area contributed by atoms with E-state index in [0.29, 0.717) is 17.0 Å². The molecule has 0 aliphatic carbocycles. The second kappa shape index (κ2) is 6.02. The van der Waals surface area contributed by atoms with Crippen molar-refractivity contribution in [1.29, 1.82) is 0 Å². The summed E-state index contributed by atoms with van der Waals surface area (Å²) in [5.41, 5.74) is 0.982. The van der Waals surface area contributed by atoms with Gasteiger partial charge in [0, 0.05) is 6.20 Å². The molecular formula is C12H10BrClN2O2. The van der Waals surface area contributed by atoms with Crippen molar-refractivity contribution < 1.29 is 9.47 Å². The van der Waals surface area contributed by atoms with E-state index in [2.05, 4.69) is 25.9 Å². The highest BCUT2D eigenvalue weighted by molar-refractivity contribution is 9.10. The van der Waals surface area contributed by atoms with E-state index in [1.165, 1.54) is 0 Å². The highest BCUT2D eigenvalue weighted by Gasteiger charge is 2.05. The maximum atomic E-state index is 5.70. The summed E-state index contributed by atoms with van der Waals surface area (Å²) < 4.78 is 11.4. The number of nitrogens with zero attached hydrogens (tertiary/aromatic N) is 2. The Morgan fingerprint density at radius 2 is 2.22 bits per heavy atom. The zero-order valence-electron chi connectivity index (χ0n) is 9.56. The van der Waals surface area contributed by atoms with Gasteiger partial charge in [0.25, 0.3) is 0 Å². The van der Waals surface area contributed by atoms with Crippen molar-refractivity contribution in [3.63, 3.8) is 0 Å². The molecule has 0 aliphatic rings. The van der Waals surface area contributed by atoms with Crippen LogP contribution in [0.5, 0.6) is 11.6 Å². The molecule has 6 heteroatoms. The van der Waals surface area contributed by atoms with Gasteiger partial charge in [-0.25, -0.2) is 4.98 Å². The summed E-state index contributed by atoms with van der Waals surface area (Å²) in [4.78, 5) is 7.81. The van der Waals surface area contributed by atoms with Crippen LogP contribution in [0.25, 0.3) is 0 Å². The lowest BCUT2D eigenvalue weighted by Crippen LogP contribution is -1.99. The second-order valence-electron chi connectivity index (χ2n) is 3.43. The molecular weight excluding hydrogens is 320 g/mol. The quantitative estimate of drug-likeness (QED) is 0.806. The number of ether oxygens (including phenoxy) is 2. The van der Waals surface area contributed by atoms with Gasteiger partial charge in [-0.3, -0.25) is 0 Å². The van der Waals surface area contributed by atoms with E-state index in [0.717, 1.165) is 11.3 Å². The van der Waals surface area contributed by atoms with E-state index in [9.17, 15) is 0 Å². The number of hydrogen-bond acceptors (Lipinski definition) is 4. The van der Waals surface area contributed by atoms with Gasteiger partial charge in [-0.15, -0.1) is 0 Å². The van der Waals surface area contributed by atoms with Crippen molar-refractivity contribution in [2.75, 3.05) is 7.11 Å². The third-order valence-corrected chi connectivity index (χ3v) is 2.92. The lowest BCUT2D eigenvalue weighted by atomic mass is 10.2. The van der Waals surface area contributed by atoms with Crippen LogP contribution in [0.15, 0.2) is 34.9 Å². The van der Waals surface area contributed by atoms with Gasteiger partial charge in [0.2, 0.25) is 11.2 Å². The van der Waals surface area contributed by atoms with E-state index >= 15 is 0 Å². The van der Waals surface area contributed by atoms with Crippen molar-refractivity contribution >= 4 is 27.5 Å². The number of aromatic nitrogens is 2. The van der Waals surface area contributed by atoms with Crippen LogP contribution in [-0.4, -0.2) is 17.1 Å². The van der Waals surface area contributed by atoms with Crippen LogP contribution in [0.2, 0.25) is 5.28 Å². The van der Waals surface area contributed by atoms with Crippen LogP contribution in [0, 0.1) is 0 Å². The van der Waals surface area contributed by atoms with E-state index in [4.69, 9.17) is 21.1 Å². The van der Waals surface area contributed by atoms with Crippen molar-refractivity contribution in [3.05, 3.63) is 45.8 Å². The average molecular weight is 330 g/mol. The van der Waals surface area contributed by atoms with Gasteiger partial charge in [0.15, 0.2) is 0 Å². The van der Waals surface area contributed by atoms with Gasteiger partial charge in [-0.05, 0) is 45.2 Å². The van der Waals surface area contributed by atoms with E-state index in [1.807, 2.05) is 24.3 Å². The molecule has 2 rings (SSSR count). The fourth-order valence-electron chi connectivity index (χ4n) is 1.35. The smallest absolute Gasteiger partial charge is 0.232 e. The Morgan fingerprint density at radius 3 is 3.00 bits per heavy atom. The molecule has 1 aromatic heterocycles. The van der Waals surface area contributed by atoms with Crippen LogP contribution in [0.3, 0.4) is 0 Å². The first-order valence-electron chi connectivity index (χ1n) is 5.13. The van der Waals surface area contributed by atoms with Crippen LogP contribution in [-0.2, 0) is 6.61 Å². The van der Waals surface area contributed by atoms with E-state index in [1.54, 1.807) is 13.3 Å². The average Bonchev–Trinajstić information content (AvgIpc) is 2.40. The van der Waals surface area contributed by atoms with Crippen molar-refractivity contribution in [3.8, 4) is 11.6 Å². The Hall–Kier alpha value is -1.33. The molecule has 0 saturated heterocycles. The second-order valence-corrected chi connectivity index (χ2v) is 4.62. The lowest BCUT2D eigenvalue weighted by Gasteiger charge is -2.08. The molecule has 0 fully saturated rings. The molecule has 0 aliphatic heterocycles. The fraction of sp³-hybridized carbons (Fsp3) is 0.167. The van der Waals surface area contributed by atoms with Crippen LogP contribution >= 0.6 is 27.5 Å². The summed E-state index contributed by atoms with van der Waals surface area (Å²) in [6, 6.07) is 7.62. The highest BCUT2D eigenvalue weighted by Crippen LogP contribution is 2.23. The zero-order chi connectivity index (χ0) is 13.0. The maximum Gasteiger partial charge on any atom is 0.232 e. The predicted molar refractivity (Wildman–Crippen MR) is 72.1 cm³/mol. The van der Waals surface area contributed by atoms with Gasteiger partial charge in [0.05, 0.1) is 11.6 Å². The van der Waals surface area contributed by atoms with Gasteiger partial charge in [-0.1, -0.05) is 12.1 Å². The number of benzene rings is 1. The molecule has 0 spiro atoms. The van der Waals surface area contributed by atoms with Crippen LogP contribution in [0.1, 0.15) is 5.56 Å². The number of halogens is 2. The lowest BCUT2D eigenvalue weighted by molar-refractivity contribution is 0.290. The third kappa shape index (κ3) is 3.34. The summed E-state index contributed by atoms with van der Waals surface area (Å²) in [7, 11) is 1.63. The molecule has 0 saturated carbocycles. The Balaban J connectivity index is 2.08. The van der Waals surface area contributed by atoms with E-state index in [-0.39, 0.29) is 5.28 Å². The Bertz CT molecular complexity index is 551. The molecule has 2 aromatic rings. The molecule has 1 aromatic carbocycles. The first-order valence-corrected chi connectivity index (χ1v) is 6.30. The van der Waals surface area contributed by atoms with Crippen LogP contribution < -0.4 is 9.47 Å². The molecule has 4 nitrogen and oxygen atoms in total. The van der Waals surface area contributed by atoms with Gasteiger partial charge < -0.3 is 9.47 Å². The molecule has 0 atom stereocenters. The monoisotopic (exact) mass is 328 g/mol. The third-order valence-electron chi connectivity index (χ3n) is 2.19.